The van der Waals surface area contributed by atoms with Crippen LogP contribution in [0.1, 0.15) is 43.0 Å². The van der Waals surface area contributed by atoms with Crippen molar-refractivity contribution in [1.82, 2.24) is 15.2 Å². The lowest BCUT2D eigenvalue weighted by Crippen LogP contribution is -2.34. The fourth-order valence-electron chi connectivity index (χ4n) is 3.32. The third kappa shape index (κ3) is 3.70. The van der Waals surface area contributed by atoms with Crippen LogP contribution < -0.4 is 5.32 Å². The van der Waals surface area contributed by atoms with Gasteiger partial charge in [0.1, 0.15) is 0 Å². The summed E-state index contributed by atoms with van der Waals surface area (Å²) < 4.78 is 0. The number of amides is 2. The molecule has 2 amide bonds. The summed E-state index contributed by atoms with van der Waals surface area (Å²) >= 11 is 1.44. The first-order valence-electron chi connectivity index (χ1n) is 9.28. The monoisotopic (exact) mass is 369 g/mol. The summed E-state index contributed by atoms with van der Waals surface area (Å²) in [6.07, 6.45) is 4.28. The Morgan fingerprint density at radius 1 is 1.23 bits per heavy atom. The Hall–Kier alpha value is -2.08. The van der Waals surface area contributed by atoms with Gasteiger partial charge in [0.05, 0.1) is 21.4 Å². The lowest BCUT2D eigenvalue weighted by atomic mass is 10.1. The summed E-state index contributed by atoms with van der Waals surface area (Å²) in [5, 5.41) is 4.43. The van der Waals surface area contributed by atoms with Crippen molar-refractivity contribution in [3.8, 4) is 0 Å². The van der Waals surface area contributed by atoms with E-state index in [9.17, 15) is 9.59 Å². The second-order valence-electron chi connectivity index (χ2n) is 7.07. The number of nitrogens with one attached hydrogen (secondary N) is 1. The maximum atomic E-state index is 12.7. The van der Waals surface area contributed by atoms with Crippen molar-refractivity contribution in [1.29, 1.82) is 0 Å². The molecule has 1 aliphatic heterocycles. The molecule has 1 saturated carbocycles. The molecule has 0 spiro atoms. The van der Waals surface area contributed by atoms with Gasteiger partial charge in [0.15, 0.2) is 0 Å². The number of para-hydroxylation sites is 1. The van der Waals surface area contributed by atoms with Crippen molar-refractivity contribution in [2.24, 2.45) is 0 Å². The number of benzene rings is 1. The van der Waals surface area contributed by atoms with Crippen LogP contribution in [0.3, 0.4) is 0 Å². The van der Waals surface area contributed by atoms with Crippen LogP contribution in [-0.2, 0) is 4.79 Å². The largest absolute Gasteiger partial charge is 0.349 e. The summed E-state index contributed by atoms with van der Waals surface area (Å²) in [4.78, 5) is 31.9. The third-order valence-corrected chi connectivity index (χ3v) is 5.92. The molecule has 1 saturated heterocycles. The van der Waals surface area contributed by atoms with Gasteiger partial charge in [0.2, 0.25) is 5.91 Å². The SMILES string of the molecule is CC(Sc1cc(C(=O)NC2CC2)c2ccccc2n1)C(=O)N1CCCC1. The first kappa shape index (κ1) is 17.3. The van der Waals surface area contributed by atoms with Gasteiger partial charge in [-0.25, -0.2) is 4.98 Å². The molecule has 1 aliphatic carbocycles. The maximum Gasteiger partial charge on any atom is 0.252 e. The minimum absolute atomic E-state index is 0.0496. The molecule has 136 valence electrons. The Balaban J connectivity index is 1.60. The number of carbonyl (C=O) groups excluding carboxylic acids is 2. The highest BCUT2D eigenvalue weighted by atomic mass is 32.2. The standard InChI is InChI=1S/C20H23N3O2S/c1-13(20(25)23-10-4-5-11-23)26-18-12-16(19(24)21-14-8-9-14)15-6-2-3-7-17(15)22-18/h2-3,6-7,12-14H,4-5,8-11H2,1H3,(H,21,24). The lowest BCUT2D eigenvalue weighted by molar-refractivity contribution is -0.129. The molecule has 0 radical (unpaired) electrons. The molecule has 2 aromatic rings. The third-order valence-electron chi connectivity index (χ3n) is 4.91. The van der Waals surface area contributed by atoms with Crippen LogP contribution in [0.25, 0.3) is 10.9 Å². The van der Waals surface area contributed by atoms with Crippen molar-refractivity contribution in [2.45, 2.75) is 48.9 Å². The van der Waals surface area contributed by atoms with Gasteiger partial charge in [-0.05, 0) is 44.7 Å². The normalized spacial score (nSPS) is 18.1. The highest BCUT2D eigenvalue weighted by Crippen LogP contribution is 2.29. The van der Waals surface area contributed by atoms with Crippen molar-refractivity contribution in [3.63, 3.8) is 0 Å². The second kappa shape index (κ2) is 7.27. The van der Waals surface area contributed by atoms with Gasteiger partial charge in [-0.3, -0.25) is 9.59 Å². The van der Waals surface area contributed by atoms with E-state index in [1.54, 1.807) is 0 Å². The first-order valence-corrected chi connectivity index (χ1v) is 10.2. The zero-order valence-corrected chi connectivity index (χ0v) is 15.7. The highest BCUT2D eigenvalue weighted by molar-refractivity contribution is 8.00. The molecule has 2 heterocycles. The van der Waals surface area contributed by atoms with Crippen LogP contribution in [0.4, 0.5) is 0 Å². The van der Waals surface area contributed by atoms with Gasteiger partial charge in [-0.2, -0.15) is 0 Å². The molecule has 1 atom stereocenters. The van der Waals surface area contributed by atoms with E-state index < -0.39 is 0 Å². The van der Waals surface area contributed by atoms with Crippen molar-refractivity contribution < 1.29 is 9.59 Å². The number of aromatic nitrogens is 1. The van der Waals surface area contributed by atoms with Crippen LogP contribution in [0.5, 0.6) is 0 Å². The smallest absolute Gasteiger partial charge is 0.252 e. The molecule has 26 heavy (non-hydrogen) atoms. The average molecular weight is 369 g/mol. The first-order chi connectivity index (χ1) is 12.6. The van der Waals surface area contributed by atoms with E-state index in [0.29, 0.717) is 11.6 Å². The molecular formula is C20H23N3O2S. The Labute approximate surface area is 157 Å². The van der Waals surface area contributed by atoms with E-state index in [1.165, 1.54) is 11.8 Å². The van der Waals surface area contributed by atoms with Gasteiger partial charge in [-0.1, -0.05) is 30.0 Å². The predicted octanol–water partition coefficient (Wildman–Crippen LogP) is 3.23. The summed E-state index contributed by atoms with van der Waals surface area (Å²) in [5.74, 6) is 0.109. The zero-order valence-electron chi connectivity index (χ0n) is 14.9. The van der Waals surface area contributed by atoms with Crippen molar-refractivity contribution >= 4 is 34.5 Å². The number of nitrogens with zero attached hydrogens (tertiary/aromatic N) is 2. The molecule has 5 nitrogen and oxygen atoms in total. The van der Waals surface area contributed by atoms with Crippen LogP contribution >= 0.6 is 11.8 Å². The van der Waals surface area contributed by atoms with E-state index in [2.05, 4.69) is 10.3 Å². The molecule has 2 aliphatic rings. The molecule has 4 rings (SSSR count). The molecule has 1 aromatic carbocycles. The molecule has 0 bridgehead atoms. The van der Waals surface area contributed by atoms with Crippen LogP contribution in [0.2, 0.25) is 0 Å². The van der Waals surface area contributed by atoms with E-state index in [4.69, 9.17) is 0 Å². The average Bonchev–Trinajstić information content (AvgIpc) is 3.29. The van der Waals surface area contributed by atoms with E-state index in [-0.39, 0.29) is 17.1 Å². The maximum absolute atomic E-state index is 12.7. The Morgan fingerprint density at radius 2 is 1.96 bits per heavy atom. The zero-order chi connectivity index (χ0) is 18.1. The number of likely N-dealkylation sites (tertiary alicyclic amines) is 1. The summed E-state index contributed by atoms with van der Waals surface area (Å²) in [6.45, 7) is 3.62. The van der Waals surface area contributed by atoms with Crippen LogP contribution in [0, 0.1) is 0 Å². The highest BCUT2D eigenvalue weighted by Gasteiger charge is 2.27. The fraction of sp³-hybridized carbons (Fsp3) is 0.450. The summed E-state index contributed by atoms with van der Waals surface area (Å²) in [6, 6.07) is 9.83. The Morgan fingerprint density at radius 3 is 2.69 bits per heavy atom. The number of hydrogen-bond acceptors (Lipinski definition) is 4. The Bertz CT molecular complexity index is 844. The second-order valence-corrected chi connectivity index (χ2v) is 8.43. The van der Waals surface area contributed by atoms with Crippen LogP contribution in [-0.4, -0.2) is 46.1 Å². The molecule has 1 aromatic heterocycles. The minimum Gasteiger partial charge on any atom is -0.349 e. The molecule has 2 fully saturated rings. The predicted molar refractivity (Wildman–Crippen MR) is 103 cm³/mol. The van der Waals surface area contributed by atoms with Gasteiger partial charge >= 0.3 is 0 Å². The van der Waals surface area contributed by atoms with Crippen LogP contribution in [0.15, 0.2) is 35.4 Å². The van der Waals surface area contributed by atoms with Gasteiger partial charge in [-0.15, -0.1) is 0 Å². The van der Waals surface area contributed by atoms with Crippen molar-refractivity contribution in [3.05, 3.63) is 35.9 Å². The summed E-state index contributed by atoms with van der Waals surface area (Å²) in [7, 11) is 0. The topological polar surface area (TPSA) is 62.3 Å². The molecule has 6 heteroatoms. The quantitative estimate of drug-likeness (QED) is 0.822. The Kier molecular flexibility index (Phi) is 4.85. The summed E-state index contributed by atoms with van der Waals surface area (Å²) in [5.41, 5.74) is 1.44. The van der Waals surface area contributed by atoms with E-state index >= 15 is 0 Å². The fourth-order valence-corrected chi connectivity index (χ4v) is 4.27. The number of hydrogen-bond donors (Lipinski definition) is 1. The molecular weight excluding hydrogens is 346 g/mol. The van der Waals surface area contributed by atoms with E-state index in [0.717, 1.165) is 54.7 Å². The number of fused-ring (bicyclic) bond motifs is 1. The van der Waals surface area contributed by atoms with Crippen molar-refractivity contribution in [2.75, 3.05) is 13.1 Å². The lowest BCUT2D eigenvalue weighted by Gasteiger charge is -2.20. The van der Waals surface area contributed by atoms with Gasteiger partial charge in [0, 0.05) is 24.5 Å². The van der Waals surface area contributed by atoms with Gasteiger partial charge in [0.25, 0.3) is 5.91 Å². The molecule has 1 unspecified atom stereocenters. The van der Waals surface area contributed by atoms with Gasteiger partial charge < -0.3 is 10.2 Å². The van der Waals surface area contributed by atoms with E-state index in [1.807, 2.05) is 42.2 Å². The number of carbonyl (C=O) groups is 2. The number of pyridine rings is 1. The number of rotatable bonds is 5. The molecule has 1 N–H and O–H groups in total. The number of thioether (sulfide) groups is 1. The minimum atomic E-state index is -0.207.